The third-order valence-corrected chi connectivity index (χ3v) is 2.59. The van der Waals surface area contributed by atoms with Crippen molar-refractivity contribution in [2.45, 2.75) is 6.36 Å². The molecule has 1 rings (SSSR count). The van der Waals surface area contributed by atoms with Crippen LogP contribution in [0.3, 0.4) is 0 Å². The highest BCUT2D eigenvalue weighted by molar-refractivity contribution is 14.1. The topological polar surface area (TPSA) is 46.5 Å². The maximum Gasteiger partial charge on any atom is 0.573 e. The number of carboxylic acids is 1. The van der Waals surface area contributed by atoms with Crippen LogP contribution < -0.4 is 0 Å². The molecule has 0 radical (unpaired) electrons. The molecule has 0 bridgehead atoms. The number of rotatable bonds is 3. The van der Waals surface area contributed by atoms with Gasteiger partial charge in [-0.3, -0.25) is 0 Å². The molecule has 0 heterocycles. The second kappa shape index (κ2) is 5.39. The molecule has 0 aliphatic carbocycles. The maximum atomic E-state index is 12.2. The van der Waals surface area contributed by atoms with Crippen LogP contribution in [0, 0.1) is 0 Å². The third kappa shape index (κ3) is 4.25. The van der Waals surface area contributed by atoms with Crippen LogP contribution in [-0.2, 0) is 9.53 Å². The molecule has 7 heteroatoms. The van der Waals surface area contributed by atoms with Crippen molar-refractivity contribution in [1.29, 1.82) is 0 Å². The Labute approximate surface area is 108 Å². The summed E-state index contributed by atoms with van der Waals surface area (Å²) in [6.45, 7) is 0. The second-order valence-corrected chi connectivity index (χ2v) is 3.94. The SMILES string of the molecule is O=C(O)C(I)=C(OC(F)(F)F)c1ccccc1. The van der Waals surface area contributed by atoms with Gasteiger partial charge in [0, 0.05) is 5.56 Å². The number of benzene rings is 1. The number of aliphatic carboxylic acids is 1. The van der Waals surface area contributed by atoms with E-state index < -0.39 is 21.7 Å². The van der Waals surface area contributed by atoms with Crippen LogP contribution in [0.25, 0.3) is 5.76 Å². The van der Waals surface area contributed by atoms with Gasteiger partial charge in [0.1, 0.15) is 3.58 Å². The predicted octanol–water partition coefficient (Wildman–Crippen LogP) is 3.41. The van der Waals surface area contributed by atoms with Gasteiger partial charge in [0.25, 0.3) is 0 Å². The smallest absolute Gasteiger partial charge is 0.477 e. The molecular formula is C10H6F3IO3. The van der Waals surface area contributed by atoms with Gasteiger partial charge >= 0.3 is 12.3 Å². The van der Waals surface area contributed by atoms with Crippen LogP contribution in [-0.4, -0.2) is 17.4 Å². The molecule has 0 unspecified atom stereocenters. The number of alkyl halides is 3. The molecule has 0 saturated carbocycles. The summed E-state index contributed by atoms with van der Waals surface area (Å²) in [5.41, 5.74) is 0.0524. The lowest BCUT2D eigenvalue weighted by Gasteiger charge is -2.13. The van der Waals surface area contributed by atoms with E-state index >= 15 is 0 Å². The van der Waals surface area contributed by atoms with E-state index in [1.165, 1.54) is 46.9 Å². The van der Waals surface area contributed by atoms with Crippen molar-refractivity contribution in [1.82, 2.24) is 0 Å². The van der Waals surface area contributed by atoms with Crippen LogP contribution in [0.5, 0.6) is 0 Å². The van der Waals surface area contributed by atoms with Crippen molar-refractivity contribution in [3.8, 4) is 0 Å². The van der Waals surface area contributed by atoms with E-state index in [4.69, 9.17) is 5.11 Å². The molecule has 1 aromatic rings. The molecule has 3 nitrogen and oxygen atoms in total. The van der Waals surface area contributed by atoms with E-state index in [0.717, 1.165) is 0 Å². The number of ether oxygens (including phenoxy) is 1. The lowest BCUT2D eigenvalue weighted by atomic mass is 10.2. The van der Waals surface area contributed by atoms with Crippen molar-refractivity contribution in [3.05, 3.63) is 39.5 Å². The lowest BCUT2D eigenvalue weighted by Crippen LogP contribution is -2.14. The summed E-state index contributed by atoms with van der Waals surface area (Å²) in [5.74, 6) is -2.19. The van der Waals surface area contributed by atoms with E-state index in [2.05, 4.69) is 4.74 Å². The van der Waals surface area contributed by atoms with Crippen molar-refractivity contribution in [3.63, 3.8) is 0 Å². The minimum atomic E-state index is -4.93. The quantitative estimate of drug-likeness (QED) is 0.512. The van der Waals surface area contributed by atoms with Gasteiger partial charge in [-0.05, 0) is 22.6 Å². The van der Waals surface area contributed by atoms with E-state index in [0.29, 0.717) is 0 Å². The standard InChI is InChI=1S/C10H6F3IO3/c11-10(12,13)17-8(7(14)9(15)16)6-4-2-1-3-5-6/h1-5H,(H,15,16). The molecule has 1 N–H and O–H groups in total. The van der Waals surface area contributed by atoms with Gasteiger partial charge in [-0.25, -0.2) is 4.79 Å². The fourth-order valence-electron chi connectivity index (χ4n) is 1.03. The zero-order valence-corrected chi connectivity index (χ0v) is 10.3. The minimum Gasteiger partial charge on any atom is -0.477 e. The first-order chi connectivity index (χ1) is 7.81. The zero-order valence-electron chi connectivity index (χ0n) is 8.16. The molecule has 0 aromatic heterocycles. The van der Waals surface area contributed by atoms with Gasteiger partial charge in [0.15, 0.2) is 5.76 Å². The van der Waals surface area contributed by atoms with Crippen molar-refractivity contribution < 1.29 is 27.8 Å². The van der Waals surface area contributed by atoms with Crippen LogP contribution in [0.4, 0.5) is 13.2 Å². The van der Waals surface area contributed by atoms with Gasteiger partial charge in [0.05, 0.1) is 0 Å². The first-order valence-corrected chi connectivity index (χ1v) is 5.33. The fraction of sp³-hybridized carbons (Fsp3) is 0.100. The Morgan fingerprint density at radius 2 is 1.76 bits per heavy atom. The van der Waals surface area contributed by atoms with E-state index in [1.807, 2.05) is 0 Å². The highest BCUT2D eigenvalue weighted by Crippen LogP contribution is 2.31. The van der Waals surface area contributed by atoms with Crippen LogP contribution >= 0.6 is 22.6 Å². The molecule has 0 amide bonds. The Morgan fingerprint density at radius 1 is 1.24 bits per heavy atom. The number of hydrogen-bond acceptors (Lipinski definition) is 2. The highest BCUT2D eigenvalue weighted by atomic mass is 127. The zero-order chi connectivity index (χ0) is 13.1. The Bertz CT molecular complexity index is 440. The summed E-state index contributed by atoms with van der Waals surface area (Å²) in [7, 11) is 0. The van der Waals surface area contributed by atoms with Gasteiger partial charge in [-0.2, -0.15) is 0 Å². The number of carbonyl (C=O) groups is 1. The number of halogens is 4. The summed E-state index contributed by atoms with van der Waals surface area (Å²) in [5, 5.41) is 8.70. The van der Waals surface area contributed by atoms with Crippen molar-refractivity contribution in [2.75, 3.05) is 0 Å². The van der Waals surface area contributed by atoms with Gasteiger partial charge in [-0.15, -0.1) is 13.2 Å². The van der Waals surface area contributed by atoms with Crippen molar-refractivity contribution >= 4 is 34.3 Å². The number of hydrogen-bond donors (Lipinski definition) is 1. The number of carboxylic acid groups (broad SMARTS) is 1. The molecule has 0 spiro atoms. The van der Waals surface area contributed by atoms with Gasteiger partial charge < -0.3 is 9.84 Å². The Balaban J connectivity index is 3.22. The van der Waals surface area contributed by atoms with Crippen LogP contribution in [0.15, 0.2) is 33.9 Å². The first kappa shape index (κ1) is 13.8. The molecule has 1 aromatic carbocycles. The molecule has 0 aliphatic heterocycles. The first-order valence-electron chi connectivity index (χ1n) is 4.25. The Hall–Kier alpha value is -1.25. The fourth-order valence-corrected chi connectivity index (χ4v) is 1.45. The Morgan fingerprint density at radius 3 is 2.18 bits per heavy atom. The molecule has 92 valence electrons. The lowest BCUT2D eigenvalue weighted by molar-refractivity contribution is -0.290. The average Bonchev–Trinajstić information content (AvgIpc) is 2.25. The van der Waals surface area contributed by atoms with Gasteiger partial charge in [0.2, 0.25) is 0 Å². The minimum absolute atomic E-state index is 0.0524. The van der Waals surface area contributed by atoms with E-state index in [-0.39, 0.29) is 5.56 Å². The average molecular weight is 358 g/mol. The summed E-state index contributed by atoms with van der Waals surface area (Å²) in [4.78, 5) is 10.7. The van der Waals surface area contributed by atoms with Crippen LogP contribution in [0.2, 0.25) is 0 Å². The monoisotopic (exact) mass is 358 g/mol. The summed E-state index contributed by atoms with van der Waals surface area (Å²) >= 11 is 1.29. The van der Waals surface area contributed by atoms with Gasteiger partial charge in [-0.1, -0.05) is 30.3 Å². The van der Waals surface area contributed by atoms with Crippen molar-refractivity contribution in [2.24, 2.45) is 0 Å². The highest BCUT2D eigenvalue weighted by Gasteiger charge is 2.34. The van der Waals surface area contributed by atoms with E-state index in [1.54, 1.807) is 6.07 Å². The second-order valence-electron chi connectivity index (χ2n) is 2.86. The molecule has 0 saturated heterocycles. The normalized spacial score (nSPS) is 12.9. The van der Waals surface area contributed by atoms with E-state index in [9.17, 15) is 18.0 Å². The third-order valence-electron chi connectivity index (χ3n) is 1.64. The molecule has 17 heavy (non-hydrogen) atoms. The maximum absolute atomic E-state index is 12.2. The molecular weight excluding hydrogens is 352 g/mol. The predicted molar refractivity (Wildman–Crippen MR) is 62.2 cm³/mol. The summed E-state index contributed by atoms with van der Waals surface area (Å²) < 4.78 is 39.7. The molecule has 0 aliphatic rings. The Kier molecular flexibility index (Phi) is 4.38. The molecule has 0 fully saturated rings. The summed E-state index contributed by atoms with van der Waals surface area (Å²) in [6.07, 6.45) is -4.93. The largest absolute Gasteiger partial charge is 0.573 e. The summed E-state index contributed by atoms with van der Waals surface area (Å²) in [6, 6.07) is 7.25. The molecule has 0 atom stereocenters. The van der Waals surface area contributed by atoms with Crippen LogP contribution in [0.1, 0.15) is 5.56 Å².